The molecule has 15 rings (SSSR count). The van der Waals surface area contributed by atoms with Gasteiger partial charge in [0.25, 0.3) is 0 Å². The Morgan fingerprint density at radius 3 is 1.06 bits per heavy atom. The highest BCUT2D eigenvalue weighted by molar-refractivity contribution is 7.17. The summed E-state index contributed by atoms with van der Waals surface area (Å²) in [4.78, 5) is 68.3. The molecule has 70 heavy (non-hydrogen) atoms. The third-order valence-electron chi connectivity index (χ3n) is 15.9. The van der Waals surface area contributed by atoms with Gasteiger partial charge >= 0.3 is 0 Å². The summed E-state index contributed by atoms with van der Waals surface area (Å²) in [6, 6.07) is 36.6. The summed E-state index contributed by atoms with van der Waals surface area (Å²) in [5, 5.41) is 9.08. The number of thiazole rings is 2. The molecule has 2 aromatic heterocycles. The van der Waals surface area contributed by atoms with Crippen molar-refractivity contribution in [2.45, 2.75) is 75.4 Å². The fourth-order valence-electron chi connectivity index (χ4n) is 12.5. The van der Waals surface area contributed by atoms with E-state index in [0.717, 1.165) is 139 Å². The van der Waals surface area contributed by atoms with E-state index in [2.05, 4.69) is 60.7 Å². The Morgan fingerprint density at radius 1 is 0.400 bits per heavy atom. The van der Waals surface area contributed by atoms with E-state index in [-0.39, 0.29) is 34.3 Å². The molecule has 0 N–H and O–H groups in total. The van der Waals surface area contributed by atoms with Gasteiger partial charge in [0.2, 0.25) is 11.8 Å². The lowest BCUT2D eigenvalue weighted by atomic mass is 9.71. The number of hydrogen-bond acceptors (Lipinski definition) is 10. The van der Waals surface area contributed by atoms with Crippen molar-refractivity contribution in [2.75, 3.05) is 0 Å². The van der Waals surface area contributed by atoms with Crippen LogP contribution in [0.1, 0.15) is 127 Å². The molecule has 8 nitrogen and oxygen atoms in total. The molecular formula is C60H40N2O6S2. The van der Waals surface area contributed by atoms with Gasteiger partial charge in [-0.05, 0) is 167 Å². The summed E-state index contributed by atoms with van der Waals surface area (Å²) in [6.45, 7) is 0. The van der Waals surface area contributed by atoms with Crippen molar-refractivity contribution in [1.82, 2.24) is 9.97 Å². The van der Waals surface area contributed by atoms with Crippen LogP contribution in [0.3, 0.4) is 0 Å². The molecule has 4 aliphatic carbocycles. The van der Waals surface area contributed by atoms with Gasteiger partial charge in [-0.25, -0.2) is 9.97 Å². The maximum atomic E-state index is 14.1. The first-order valence-electron chi connectivity index (χ1n) is 24.3. The predicted octanol–water partition coefficient (Wildman–Crippen LogP) is 14.6. The van der Waals surface area contributed by atoms with Gasteiger partial charge in [-0.2, -0.15) is 0 Å². The van der Waals surface area contributed by atoms with Crippen LogP contribution in [-0.2, 0) is 11.2 Å². The molecule has 2 aliphatic heterocycles. The van der Waals surface area contributed by atoms with Crippen LogP contribution < -0.4 is 9.47 Å². The SMILES string of the molecule is O=C1C(=Cc2nc3c(s2)-c2cc4c(cc2C2(CCCCC2)O3)-c2sc(C=C3C(=O)c5cc6cc7ccccc7cc6cc5C3=O)nc2OC42CCCCC2)C(=O)c2cc3cc4ccccc4cc3cc21. The third-order valence-corrected chi connectivity index (χ3v) is 18.0. The number of allylic oxidation sites excluding steroid dienone is 2. The number of hydrogen-bond donors (Lipinski definition) is 0. The molecule has 7 aromatic carbocycles. The van der Waals surface area contributed by atoms with E-state index < -0.39 is 11.2 Å². The van der Waals surface area contributed by atoms with Gasteiger partial charge in [-0.3, -0.25) is 19.2 Å². The fraction of sp³-hybridized carbons (Fsp3) is 0.200. The first-order chi connectivity index (χ1) is 34.2. The number of rotatable bonds is 2. The van der Waals surface area contributed by atoms with E-state index in [9.17, 15) is 19.2 Å². The molecule has 0 saturated heterocycles. The van der Waals surface area contributed by atoms with Crippen LogP contribution in [0.2, 0.25) is 0 Å². The highest BCUT2D eigenvalue weighted by Crippen LogP contribution is 2.59. The van der Waals surface area contributed by atoms with Gasteiger partial charge < -0.3 is 9.47 Å². The number of carbonyl (C=O) groups excluding carboxylic acids is 4. The van der Waals surface area contributed by atoms with Gasteiger partial charge in [0.15, 0.2) is 23.1 Å². The number of benzene rings is 7. The number of carbonyl (C=O) groups is 4. The average molecular weight is 949 g/mol. The zero-order chi connectivity index (χ0) is 46.6. The van der Waals surface area contributed by atoms with Crippen molar-refractivity contribution >= 4 is 101 Å². The summed E-state index contributed by atoms with van der Waals surface area (Å²) in [6.07, 6.45) is 12.9. The molecular weight excluding hydrogens is 909 g/mol. The molecule has 10 heteroatoms. The topological polar surface area (TPSA) is 113 Å². The van der Waals surface area contributed by atoms with E-state index in [1.165, 1.54) is 22.7 Å². The number of Topliss-reactive ketones (excluding diaryl/α,β-unsaturated/α-hetero) is 4. The third kappa shape index (κ3) is 5.80. The second kappa shape index (κ2) is 14.6. The lowest BCUT2D eigenvalue weighted by Gasteiger charge is -2.45. The molecule has 0 bridgehead atoms. The minimum Gasteiger partial charge on any atom is -0.465 e. The minimum atomic E-state index is -0.621. The summed E-state index contributed by atoms with van der Waals surface area (Å²) >= 11 is 2.90. The molecule has 0 radical (unpaired) electrons. The smallest absolute Gasteiger partial charge is 0.234 e. The Labute approximate surface area is 409 Å². The van der Waals surface area contributed by atoms with Crippen LogP contribution in [0.5, 0.6) is 11.8 Å². The second-order valence-corrected chi connectivity index (χ2v) is 22.0. The molecule has 2 spiro atoms. The highest BCUT2D eigenvalue weighted by Gasteiger charge is 2.49. The Balaban J connectivity index is 0.832. The van der Waals surface area contributed by atoms with E-state index >= 15 is 0 Å². The van der Waals surface area contributed by atoms with Crippen LogP contribution in [0.4, 0.5) is 0 Å². The molecule has 2 fully saturated rings. The van der Waals surface area contributed by atoms with Crippen molar-refractivity contribution in [3.63, 3.8) is 0 Å². The van der Waals surface area contributed by atoms with E-state index in [4.69, 9.17) is 19.4 Å². The van der Waals surface area contributed by atoms with Crippen molar-refractivity contribution < 1.29 is 28.7 Å². The minimum absolute atomic E-state index is 0.115. The summed E-state index contributed by atoms with van der Waals surface area (Å²) in [5.41, 5.74) is 4.98. The number of nitrogens with zero attached hydrogens (tertiary/aromatic N) is 2. The molecule has 338 valence electrons. The first-order valence-corrected chi connectivity index (χ1v) is 26.0. The van der Waals surface area contributed by atoms with Crippen molar-refractivity contribution in [1.29, 1.82) is 0 Å². The predicted molar refractivity (Wildman–Crippen MR) is 276 cm³/mol. The maximum absolute atomic E-state index is 14.1. The van der Waals surface area contributed by atoms with Crippen molar-refractivity contribution in [3.05, 3.63) is 164 Å². The second-order valence-electron chi connectivity index (χ2n) is 20.0. The Morgan fingerprint density at radius 2 is 0.729 bits per heavy atom. The normalized spacial score (nSPS) is 18.2. The molecule has 9 aromatic rings. The first kappa shape index (κ1) is 40.5. The largest absolute Gasteiger partial charge is 0.465 e. The summed E-state index contributed by atoms with van der Waals surface area (Å²) in [5.74, 6) is -0.0847. The lowest BCUT2D eigenvalue weighted by molar-refractivity contribution is 0.0162. The van der Waals surface area contributed by atoms with Gasteiger partial charge in [0.1, 0.15) is 21.2 Å². The van der Waals surface area contributed by atoms with E-state index in [0.29, 0.717) is 44.0 Å². The van der Waals surface area contributed by atoms with Gasteiger partial charge in [0.05, 0.1) is 20.9 Å². The number of aromatic nitrogens is 2. The van der Waals surface area contributed by atoms with Crippen molar-refractivity contribution in [3.8, 4) is 32.6 Å². The molecule has 4 heterocycles. The lowest BCUT2D eigenvalue weighted by Crippen LogP contribution is -2.40. The summed E-state index contributed by atoms with van der Waals surface area (Å²) in [7, 11) is 0. The molecule has 0 unspecified atom stereocenters. The average Bonchev–Trinajstić information content (AvgIpc) is 4.10. The van der Waals surface area contributed by atoms with Crippen LogP contribution in [0.25, 0.3) is 76.1 Å². The zero-order valence-electron chi connectivity index (χ0n) is 37.8. The fourth-order valence-corrected chi connectivity index (χ4v) is 14.4. The molecule has 0 amide bonds. The van der Waals surface area contributed by atoms with Gasteiger partial charge in [0, 0.05) is 44.5 Å². The monoisotopic (exact) mass is 948 g/mol. The maximum Gasteiger partial charge on any atom is 0.234 e. The summed E-state index contributed by atoms with van der Waals surface area (Å²) < 4.78 is 14.2. The molecule has 0 atom stereocenters. The van der Waals surface area contributed by atoms with Crippen LogP contribution >= 0.6 is 22.7 Å². The van der Waals surface area contributed by atoms with Crippen LogP contribution in [0.15, 0.2) is 120 Å². The molecule has 6 aliphatic rings. The number of fused-ring (bicyclic) bond motifs is 14. The van der Waals surface area contributed by atoms with E-state index in [1.807, 2.05) is 48.5 Å². The van der Waals surface area contributed by atoms with E-state index in [1.54, 1.807) is 12.2 Å². The standard InChI is InChI=1S/C60H40N2O6S2/c63-51-39-23-35-19-31-11-3-4-12-32(31)20-36(35)24-40(39)52(64)45(51)29-49-61-57-55(69-49)43-28-48-44(27-47(43)59(67-57)15-7-1-8-16-59)56-58(68-60(48)17-9-2-10-18-60)62-50(70-56)30-46-53(65)41-25-37-21-33-13-5-6-14-34(33)22-38(37)26-42(41)54(46)66/h3-6,11-14,19-30H,1-2,7-10,15-18H2. The zero-order valence-corrected chi connectivity index (χ0v) is 39.4. The Kier molecular flexibility index (Phi) is 8.43. The van der Waals surface area contributed by atoms with Crippen LogP contribution in [0, 0.1) is 0 Å². The van der Waals surface area contributed by atoms with Gasteiger partial charge in [-0.1, -0.05) is 61.4 Å². The van der Waals surface area contributed by atoms with Gasteiger partial charge in [-0.15, -0.1) is 22.7 Å². The Bertz CT molecular complexity index is 3600. The highest BCUT2D eigenvalue weighted by atomic mass is 32.1. The van der Waals surface area contributed by atoms with Crippen molar-refractivity contribution in [2.24, 2.45) is 0 Å². The Hall–Kier alpha value is -7.40. The number of ether oxygens (including phenoxy) is 2. The quantitative estimate of drug-likeness (QED) is 0.0957. The number of ketones is 4. The van der Waals surface area contributed by atoms with Crippen LogP contribution in [-0.4, -0.2) is 33.1 Å². The molecule has 2 saturated carbocycles.